The Labute approximate surface area is 80.1 Å². The molecule has 0 N–H and O–H groups in total. The molecule has 72 valence electrons. The van der Waals surface area contributed by atoms with Gasteiger partial charge in [0.05, 0.1) is 11.1 Å². The van der Waals surface area contributed by atoms with Crippen LogP contribution in [0.25, 0.3) is 10.9 Å². The minimum Gasteiger partial charge on any atom is -0.261 e. The van der Waals surface area contributed by atoms with Gasteiger partial charge in [0.25, 0.3) is 5.69 Å². The van der Waals surface area contributed by atoms with Gasteiger partial charge in [0, 0.05) is 18.5 Å². The molecule has 0 spiro atoms. The Hall–Kier alpha value is -1.91. The van der Waals surface area contributed by atoms with E-state index in [1.807, 2.05) is 6.92 Å². The Morgan fingerprint density at radius 1 is 1.50 bits per heavy atom. The number of nitro groups is 1. The monoisotopic (exact) mass is 191 g/mol. The van der Waals surface area contributed by atoms with Crippen LogP contribution >= 0.6 is 0 Å². The molecule has 0 unspecified atom stereocenters. The lowest BCUT2D eigenvalue weighted by Gasteiger charge is -1.98. The van der Waals surface area contributed by atoms with Crippen LogP contribution in [0.15, 0.2) is 18.3 Å². The number of nitro benzene ring substituents is 1. The summed E-state index contributed by atoms with van der Waals surface area (Å²) in [6.07, 6.45) is 1.65. The molecule has 5 heteroatoms. The van der Waals surface area contributed by atoms with E-state index in [0.29, 0.717) is 5.52 Å². The third-order valence-electron chi connectivity index (χ3n) is 2.29. The van der Waals surface area contributed by atoms with Crippen LogP contribution in [-0.4, -0.2) is 14.7 Å². The van der Waals surface area contributed by atoms with Crippen molar-refractivity contribution in [3.8, 4) is 0 Å². The van der Waals surface area contributed by atoms with E-state index in [9.17, 15) is 10.1 Å². The van der Waals surface area contributed by atoms with E-state index in [0.717, 1.165) is 10.9 Å². The molecule has 0 amide bonds. The van der Waals surface area contributed by atoms with Crippen LogP contribution in [-0.2, 0) is 7.05 Å². The van der Waals surface area contributed by atoms with Gasteiger partial charge in [-0.1, -0.05) is 6.07 Å². The van der Waals surface area contributed by atoms with Crippen molar-refractivity contribution >= 4 is 16.6 Å². The maximum atomic E-state index is 10.7. The second kappa shape index (κ2) is 2.80. The number of fused-ring (bicyclic) bond motifs is 1. The highest BCUT2D eigenvalue weighted by Crippen LogP contribution is 2.26. The van der Waals surface area contributed by atoms with Gasteiger partial charge in [-0.25, -0.2) is 0 Å². The van der Waals surface area contributed by atoms with Crippen molar-refractivity contribution in [2.24, 2.45) is 7.05 Å². The number of aryl methyl sites for hydroxylation is 2. The summed E-state index contributed by atoms with van der Waals surface area (Å²) in [5, 5.41) is 15.6. The summed E-state index contributed by atoms with van der Waals surface area (Å²) in [6, 6.07) is 3.25. The lowest BCUT2D eigenvalue weighted by Crippen LogP contribution is -1.95. The summed E-state index contributed by atoms with van der Waals surface area (Å²) >= 11 is 0. The molecular formula is C9H9N3O2. The quantitative estimate of drug-likeness (QED) is 0.510. The number of non-ortho nitro benzene ring substituents is 1. The molecule has 2 aromatic rings. The van der Waals surface area contributed by atoms with Crippen molar-refractivity contribution in [3.05, 3.63) is 34.0 Å². The largest absolute Gasteiger partial charge is 0.295 e. The highest BCUT2D eigenvalue weighted by molar-refractivity contribution is 5.89. The Kier molecular flexibility index (Phi) is 1.73. The first-order valence-corrected chi connectivity index (χ1v) is 4.17. The first kappa shape index (κ1) is 8.68. The SMILES string of the molecule is Cc1ccc([N+](=O)[O-])c2c1cnn2C. The predicted octanol–water partition coefficient (Wildman–Crippen LogP) is 1.79. The van der Waals surface area contributed by atoms with Crippen molar-refractivity contribution in [2.75, 3.05) is 0 Å². The smallest absolute Gasteiger partial charge is 0.261 e. The summed E-state index contributed by atoms with van der Waals surface area (Å²) in [4.78, 5) is 10.4. The van der Waals surface area contributed by atoms with Crippen molar-refractivity contribution in [3.63, 3.8) is 0 Å². The lowest BCUT2D eigenvalue weighted by molar-refractivity contribution is -0.383. The van der Waals surface area contributed by atoms with Gasteiger partial charge in [-0.3, -0.25) is 14.8 Å². The van der Waals surface area contributed by atoms with Crippen LogP contribution in [0.4, 0.5) is 5.69 Å². The molecule has 0 aliphatic heterocycles. The summed E-state index contributed by atoms with van der Waals surface area (Å²) in [6.45, 7) is 1.91. The normalized spacial score (nSPS) is 10.7. The number of hydrogen-bond donors (Lipinski definition) is 0. The molecule has 0 bridgehead atoms. The van der Waals surface area contributed by atoms with Gasteiger partial charge in [0.15, 0.2) is 0 Å². The molecule has 1 aromatic carbocycles. The van der Waals surface area contributed by atoms with Crippen molar-refractivity contribution in [2.45, 2.75) is 6.92 Å². The third-order valence-corrected chi connectivity index (χ3v) is 2.29. The van der Waals surface area contributed by atoms with E-state index in [1.54, 1.807) is 19.3 Å². The van der Waals surface area contributed by atoms with Gasteiger partial charge in [0.2, 0.25) is 0 Å². The Balaban J connectivity index is 2.92. The zero-order valence-corrected chi connectivity index (χ0v) is 7.89. The first-order chi connectivity index (χ1) is 6.61. The van der Waals surface area contributed by atoms with Crippen LogP contribution in [0.1, 0.15) is 5.56 Å². The average molecular weight is 191 g/mol. The molecule has 5 nitrogen and oxygen atoms in total. The van der Waals surface area contributed by atoms with Crippen LogP contribution < -0.4 is 0 Å². The zero-order valence-electron chi connectivity index (χ0n) is 7.89. The summed E-state index contributed by atoms with van der Waals surface area (Å²) < 4.78 is 1.53. The molecule has 0 atom stereocenters. The maximum Gasteiger partial charge on any atom is 0.295 e. The number of rotatable bonds is 1. The van der Waals surface area contributed by atoms with E-state index in [1.165, 1.54) is 10.7 Å². The fraction of sp³-hybridized carbons (Fsp3) is 0.222. The maximum absolute atomic E-state index is 10.7. The lowest BCUT2D eigenvalue weighted by atomic mass is 10.1. The molecule has 0 fully saturated rings. The minimum atomic E-state index is -0.385. The predicted molar refractivity (Wildman–Crippen MR) is 52.1 cm³/mol. The number of nitrogens with zero attached hydrogens (tertiary/aromatic N) is 3. The van der Waals surface area contributed by atoms with Gasteiger partial charge >= 0.3 is 0 Å². The molecule has 1 aromatic heterocycles. The molecule has 0 saturated carbocycles. The molecule has 1 heterocycles. The number of benzene rings is 1. The summed E-state index contributed by atoms with van der Waals surface area (Å²) in [5.74, 6) is 0. The molecule has 0 saturated heterocycles. The topological polar surface area (TPSA) is 61.0 Å². The fourth-order valence-electron chi connectivity index (χ4n) is 1.55. The molecule has 2 rings (SSSR count). The minimum absolute atomic E-state index is 0.102. The van der Waals surface area contributed by atoms with E-state index >= 15 is 0 Å². The van der Waals surface area contributed by atoms with E-state index < -0.39 is 0 Å². The van der Waals surface area contributed by atoms with Crippen molar-refractivity contribution in [1.29, 1.82) is 0 Å². The highest BCUT2D eigenvalue weighted by atomic mass is 16.6. The summed E-state index contributed by atoms with van der Waals surface area (Å²) in [5.41, 5.74) is 1.68. The molecular weight excluding hydrogens is 182 g/mol. The van der Waals surface area contributed by atoms with Gasteiger partial charge < -0.3 is 0 Å². The molecule has 14 heavy (non-hydrogen) atoms. The number of hydrogen-bond acceptors (Lipinski definition) is 3. The average Bonchev–Trinajstić information content (AvgIpc) is 2.50. The van der Waals surface area contributed by atoms with Crippen LogP contribution in [0.5, 0.6) is 0 Å². The van der Waals surface area contributed by atoms with E-state index in [4.69, 9.17) is 0 Å². The summed E-state index contributed by atoms with van der Waals surface area (Å²) in [7, 11) is 1.70. The highest BCUT2D eigenvalue weighted by Gasteiger charge is 2.16. The molecule has 0 aliphatic carbocycles. The Bertz CT molecular complexity index is 516. The van der Waals surface area contributed by atoms with Crippen molar-refractivity contribution in [1.82, 2.24) is 9.78 Å². The van der Waals surface area contributed by atoms with Gasteiger partial charge in [0.1, 0.15) is 5.52 Å². The molecule has 0 radical (unpaired) electrons. The van der Waals surface area contributed by atoms with Gasteiger partial charge in [-0.15, -0.1) is 0 Å². The second-order valence-electron chi connectivity index (χ2n) is 3.19. The van der Waals surface area contributed by atoms with Crippen LogP contribution in [0.3, 0.4) is 0 Å². The van der Waals surface area contributed by atoms with Crippen LogP contribution in [0, 0.1) is 17.0 Å². The zero-order chi connectivity index (χ0) is 10.3. The molecule has 0 aliphatic rings. The Morgan fingerprint density at radius 2 is 2.21 bits per heavy atom. The first-order valence-electron chi connectivity index (χ1n) is 4.17. The van der Waals surface area contributed by atoms with Crippen LogP contribution in [0.2, 0.25) is 0 Å². The number of aromatic nitrogens is 2. The second-order valence-corrected chi connectivity index (χ2v) is 3.19. The van der Waals surface area contributed by atoms with Gasteiger partial charge in [-0.05, 0) is 12.5 Å². The fourth-order valence-corrected chi connectivity index (χ4v) is 1.55. The van der Waals surface area contributed by atoms with E-state index in [-0.39, 0.29) is 10.6 Å². The van der Waals surface area contributed by atoms with E-state index in [2.05, 4.69) is 5.10 Å². The van der Waals surface area contributed by atoms with Crippen molar-refractivity contribution < 1.29 is 4.92 Å². The third kappa shape index (κ3) is 1.06. The van der Waals surface area contributed by atoms with Gasteiger partial charge in [-0.2, -0.15) is 5.10 Å². The Morgan fingerprint density at radius 3 is 2.86 bits per heavy atom. The standard InChI is InChI=1S/C9H9N3O2/c1-6-3-4-8(12(13)14)9-7(6)5-10-11(9)2/h3-5H,1-2H3.